The van der Waals surface area contributed by atoms with Crippen molar-refractivity contribution in [2.45, 2.75) is 13.0 Å². The molecule has 0 saturated carbocycles. The van der Waals surface area contributed by atoms with Gasteiger partial charge in [0.25, 0.3) is 0 Å². The van der Waals surface area contributed by atoms with Crippen LogP contribution >= 0.6 is 23.2 Å². The Balaban J connectivity index is 2.05. The molecule has 0 radical (unpaired) electrons. The van der Waals surface area contributed by atoms with Crippen LogP contribution in [0.25, 0.3) is 0 Å². The number of urea groups is 1. The first-order chi connectivity index (χ1) is 9.97. The fourth-order valence-corrected chi connectivity index (χ4v) is 2.23. The molecule has 0 bridgehead atoms. The van der Waals surface area contributed by atoms with Crippen LogP contribution in [0.5, 0.6) is 0 Å². The smallest absolute Gasteiger partial charge is 0.323 e. The van der Waals surface area contributed by atoms with Gasteiger partial charge in [0, 0.05) is 5.69 Å². The second kappa shape index (κ2) is 6.80. The molecule has 0 aliphatic heterocycles. The predicted molar refractivity (Wildman–Crippen MR) is 86.2 cm³/mol. The zero-order valence-electron chi connectivity index (χ0n) is 11.2. The Labute approximate surface area is 132 Å². The van der Waals surface area contributed by atoms with Gasteiger partial charge < -0.3 is 15.7 Å². The number of nitrogens with one attached hydrogen (secondary N) is 2. The van der Waals surface area contributed by atoms with Crippen molar-refractivity contribution in [3.8, 4) is 0 Å². The molecule has 0 aromatic heterocycles. The fraction of sp³-hybridized carbons (Fsp3) is 0.133. The van der Waals surface area contributed by atoms with Crippen LogP contribution in [0.1, 0.15) is 18.6 Å². The molecule has 4 nitrogen and oxygen atoms in total. The Hall–Kier alpha value is -1.75. The molecule has 0 spiro atoms. The Bertz CT molecular complexity index is 622. The van der Waals surface area contributed by atoms with E-state index < -0.39 is 12.1 Å². The lowest BCUT2D eigenvalue weighted by Crippen LogP contribution is -2.19. The van der Waals surface area contributed by atoms with Crippen molar-refractivity contribution >= 4 is 40.6 Å². The lowest BCUT2D eigenvalue weighted by Gasteiger charge is -2.11. The first kappa shape index (κ1) is 15.6. The normalized spacial score (nSPS) is 11.8. The molecule has 0 heterocycles. The maximum absolute atomic E-state index is 11.9. The second-order valence-electron chi connectivity index (χ2n) is 4.47. The average molecular weight is 325 g/mol. The molecule has 21 heavy (non-hydrogen) atoms. The number of carbonyl (C=O) groups excluding carboxylic acids is 1. The molecule has 6 heteroatoms. The van der Waals surface area contributed by atoms with Crippen LogP contribution in [0, 0.1) is 0 Å². The summed E-state index contributed by atoms with van der Waals surface area (Å²) in [5.41, 5.74) is 1.73. The number of carbonyl (C=O) groups is 1. The SMILES string of the molecule is CC(O)c1ccc(NC(=O)Nc2c(Cl)cccc2Cl)cc1. The molecule has 1 atom stereocenters. The first-order valence-electron chi connectivity index (χ1n) is 6.27. The molecule has 2 amide bonds. The highest BCUT2D eigenvalue weighted by Crippen LogP contribution is 2.29. The van der Waals surface area contributed by atoms with E-state index in [1.54, 1.807) is 49.4 Å². The number of para-hydroxylation sites is 1. The van der Waals surface area contributed by atoms with E-state index in [4.69, 9.17) is 23.2 Å². The lowest BCUT2D eigenvalue weighted by atomic mass is 10.1. The summed E-state index contributed by atoms with van der Waals surface area (Å²) in [7, 11) is 0. The number of hydrogen-bond donors (Lipinski definition) is 3. The van der Waals surface area contributed by atoms with Gasteiger partial charge in [-0.3, -0.25) is 0 Å². The van der Waals surface area contributed by atoms with Crippen LogP contribution < -0.4 is 10.6 Å². The third-order valence-corrected chi connectivity index (χ3v) is 3.48. The molecule has 2 aromatic rings. The molecule has 1 unspecified atom stereocenters. The molecule has 0 aliphatic rings. The van der Waals surface area contributed by atoms with Crippen molar-refractivity contribution in [2.75, 3.05) is 10.6 Å². The molecule has 0 saturated heterocycles. The van der Waals surface area contributed by atoms with Gasteiger partial charge in [-0.15, -0.1) is 0 Å². The number of aliphatic hydroxyl groups is 1. The minimum Gasteiger partial charge on any atom is -0.389 e. The van der Waals surface area contributed by atoms with E-state index in [2.05, 4.69) is 10.6 Å². The van der Waals surface area contributed by atoms with Gasteiger partial charge in [-0.2, -0.15) is 0 Å². The van der Waals surface area contributed by atoms with Crippen LogP contribution in [0.3, 0.4) is 0 Å². The van der Waals surface area contributed by atoms with E-state index in [0.717, 1.165) is 5.56 Å². The molecular weight excluding hydrogens is 311 g/mol. The monoisotopic (exact) mass is 324 g/mol. The summed E-state index contributed by atoms with van der Waals surface area (Å²) < 4.78 is 0. The van der Waals surface area contributed by atoms with Crippen LogP contribution in [-0.4, -0.2) is 11.1 Å². The van der Waals surface area contributed by atoms with Crippen LogP contribution in [0.2, 0.25) is 10.0 Å². The highest BCUT2D eigenvalue weighted by molar-refractivity contribution is 6.39. The minimum atomic E-state index is -0.546. The summed E-state index contributed by atoms with van der Waals surface area (Å²) in [6.07, 6.45) is -0.546. The van der Waals surface area contributed by atoms with Crippen LogP contribution in [0.15, 0.2) is 42.5 Å². The van der Waals surface area contributed by atoms with Gasteiger partial charge in [0.1, 0.15) is 0 Å². The van der Waals surface area contributed by atoms with E-state index in [9.17, 15) is 9.90 Å². The highest BCUT2D eigenvalue weighted by Gasteiger charge is 2.09. The third kappa shape index (κ3) is 4.11. The summed E-state index contributed by atoms with van der Waals surface area (Å²) in [5, 5.41) is 15.4. The maximum atomic E-state index is 11.9. The quantitative estimate of drug-likeness (QED) is 0.766. The van der Waals surface area contributed by atoms with Gasteiger partial charge in [-0.1, -0.05) is 41.4 Å². The molecule has 0 aliphatic carbocycles. The van der Waals surface area contributed by atoms with Crippen molar-refractivity contribution in [2.24, 2.45) is 0 Å². The zero-order valence-corrected chi connectivity index (χ0v) is 12.7. The van der Waals surface area contributed by atoms with Crippen LogP contribution in [-0.2, 0) is 0 Å². The van der Waals surface area contributed by atoms with Crippen molar-refractivity contribution in [1.82, 2.24) is 0 Å². The fourth-order valence-electron chi connectivity index (χ4n) is 1.74. The van der Waals surface area contributed by atoms with E-state index in [1.165, 1.54) is 0 Å². The number of halogens is 2. The summed E-state index contributed by atoms with van der Waals surface area (Å²) in [6.45, 7) is 1.68. The predicted octanol–water partition coefficient (Wildman–Crippen LogP) is 4.69. The highest BCUT2D eigenvalue weighted by atomic mass is 35.5. The number of anilines is 2. The average Bonchev–Trinajstić information content (AvgIpc) is 2.43. The third-order valence-electron chi connectivity index (χ3n) is 2.85. The van der Waals surface area contributed by atoms with Gasteiger partial charge in [0.2, 0.25) is 0 Å². The number of aliphatic hydroxyl groups excluding tert-OH is 1. The van der Waals surface area contributed by atoms with Crippen LogP contribution in [0.4, 0.5) is 16.2 Å². The van der Waals surface area contributed by atoms with Gasteiger partial charge >= 0.3 is 6.03 Å². The first-order valence-corrected chi connectivity index (χ1v) is 7.03. The van der Waals surface area contributed by atoms with E-state index in [1.807, 2.05) is 0 Å². The summed E-state index contributed by atoms with van der Waals surface area (Å²) >= 11 is 12.0. The topological polar surface area (TPSA) is 61.4 Å². The summed E-state index contributed by atoms with van der Waals surface area (Å²) in [6, 6.07) is 11.4. The molecule has 2 rings (SSSR count). The largest absolute Gasteiger partial charge is 0.389 e. The molecule has 3 N–H and O–H groups in total. The minimum absolute atomic E-state index is 0.360. The van der Waals surface area contributed by atoms with Crippen molar-refractivity contribution in [1.29, 1.82) is 0 Å². The number of benzene rings is 2. The Kier molecular flexibility index (Phi) is 5.07. The van der Waals surface area contributed by atoms with E-state index in [0.29, 0.717) is 21.4 Å². The summed E-state index contributed by atoms with van der Waals surface area (Å²) in [4.78, 5) is 11.9. The van der Waals surface area contributed by atoms with Crippen molar-refractivity contribution in [3.05, 3.63) is 58.1 Å². The standard InChI is InChI=1S/C15H14Cl2N2O2/c1-9(20)10-5-7-11(8-6-10)18-15(21)19-14-12(16)3-2-4-13(14)17/h2-9,20H,1H3,(H2,18,19,21). The van der Waals surface area contributed by atoms with Gasteiger partial charge in [-0.25, -0.2) is 4.79 Å². The molecular formula is C15H14Cl2N2O2. The maximum Gasteiger partial charge on any atom is 0.323 e. The van der Waals surface area contributed by atoms with Crippen molar-refractivity contribution < 1.29 is 9.90 Å². The zero-order chi connectivity index (χ0) is 15.4. The summed E-state index contributed by atoms with van der Waals surface area (Å²) in [5.74, 6) is 0. The van der Waals surface area contributed by atoms with Gasteiger partial charge in [0.15, 0.2) is 0 Å². The lowest BCUT2D eigenvalue weighted by molar-refractivity contribution is 0.199. The molecule has 110 valence electrons. The number of hydrogen-bond acceptors (Lipinski definition) is 2. The number of rotatable bonds is 3. The van der Waals surface area contributed by atoms with E-state index in [-0.39, 0.29) is 0 Å². The Morgan fingerprint density at radius 1 is 1.05 bits per heavy atom. The Morgan fingerprint density at radius 2 is 1.62 bits per heavy atom. The van der Waals surface area contributed by atoms with Crippen molar-refractivity contribution in [3.63, 3.8) is 0 Å². The van der Waals surface area contributed by atoms with E-state index >= 15 is 0 Å². The number of amides is 2. The van der Waals surface area contributed by atoms with Gasteiger partial charge in [0.05, 0.1) is 21.8 Å². The van der Waals surface area contributed by atoms with Gasteiger partial charge in [-0.05, 0) is 36.8 Å². The second-order valence-corrected chi connectivity index (χ2v) is 5.29. The molecule has 2 aromatic carbocycles. The Morgan fingerprint density at radius 3 is 2.14 bits per heavy atom. The molecule has 0 fully saturated rings.